The van der Waals surface area contributed by atoms with Crippen molar-refractivity contribution in [2.45, 2.75) is 13.0 Å². The molecule has 2 aromatic rings. The molecule has 0 aliphatic carbocycles. The van der Waals surface area contributed by atoms with Gasteiger partial charge in [-0.1, -0.05) is 12.1 Å². The third-order valence-electron chi connectivity index (χ3n) is 2.81. The molecule has 1 aliphatic rings. The summed E-state index contributed by atoms with van der Waals surface area (Å²) in [5, 5.41) is 4.26. The standard InChI is InChI=1S/C13H14N2O2S/c1-16-9-4-2-3-5-10(9)17-8-12-15-13-11(18-12)6-7-14-13/h2-5,14H,6-8H2,1H3. The predicted molar refractivity (Wildman–Crippen MR) is 71.6 cm³/mol. The largest absolute Gasteiger partial charge is 0.493 e. The van der Waals surface area contributed by atoms with Crippen LogP contribution in [0.3, 0.4) is 0 Å². The van der Waals surface area contributed by atoms with E-state index in [4.69, 9.17) is 9.47 Å². The Hall–Kier alpha value is -1.75. The van der Waals surface area contributed by atoms with Gasteiger partial charge in [0.05, 0.1) is 12.0 Å². The van der Waals surface area contributed by atoms with Crippen LogP contribution in [0.5, 0.6) is 11.5 Å². The smallest absolute Gasteiger partial charge is 0.161 e. The average molecular weight is 262 g/mol. The van der Waals surface area contributed by atoms with E-state index in [1.165, 1.54) is 4.88 Å². The summed E-state index contributed by atoms with van der Waals surface area (Å²) < 4.78 is 11.0. The summed E-state index contributed by atoms with van der Waals surface area (Å²) in [5.41, 5.74) is 0. The number of rotatable bonds is 4. The second kappa shape index (κ2) is 4.86. The normalized spacial score (nSPS) is 12.9. The molecule has 0 atom stereocenters. The van der Waals surface area contributed by atoms with Crippen LogP contribution in [-0.4, -0.2) is 18.6 Å². The number of hydrogen-bond acceptors (Lipinski definition) is 5. The van der Waals surface area contributed by atoms with Gasteiger partial charge in [-0.05, 0) is 12.1 Å². The number of nitrogens with one attached hydrogen (secondary N) is 1. The molecule has 94 valence electrons. The summed E-state index contributed by atoms with van der Waals surface area (Å²) in [7, 11) is 1.64. The van der Waals surface area contributed by atoms with Gasteiger partial charge in [-0.2, -0.15) is 0 Å². The summed E-state index contributed by atoms with van der Waals surface area (Å²) in [5.74, 6) is 2.53. The van der Waals surface area contributed by atoms with E-state index < -0.39 is 0 Å². The van der Waals surface area contributed by atoms with Gasteiger partial charge >= 0.3 is 0 Å². The zero-order valence-electron chi connectivity index (χ0n) is 10.1. The van der Waals surface area contributed by atoms with Crippen LogP contribution in [0.1, 0.15) is 9.88 Å². The average Bonchev–Trinajstić information content (AvgIpc) is 2.97. The molecule has 1 aromatic heterocycles. The van der Waals surface area contributed by atoms with Crippen molar-refractivity contribution in [2.75, 3.05) is 19.0 Å². The molecule has 1 aromatic carbocycles. The summed E-state index contributed by atoms with van der Waals surface area (Å²) in [6.07, 6.45) is 1.07. The fraction of sp³-hybridized carbons (Fsp3) is 0.308. The Morgan fingerprint density at radius 2 is 2.17 bits per heavy atom. The van der Waals surface area contributed by atoms with Crippen LogP contribution in [0.25, 0.3) is 0 Å². The summed E-state index contributed by atoms with van der Waals surface area (Å²) in [6.45, 7) is 1.49. The lowest BCUT2D eigenvalue weighted by Crippen LogP contribution is -1.99. The first kappa shape index (κ1) is 11.3. The SMILES string of the molecule is COc1ccccc1OCc1nc2c(s1)CCN2. The van der Waals surface area contributed by atoms with Gasteiger partial charge < -0.3 is 14.8 Å². The number of aromatic nitrogens is 1. The van der Waals surface area contributed by atoms with E-state index in [1.54, 1.807) is 18.4 Å². The Kier molecular flexibility index (Phi) is 3.06. The number of anilines is 1. The van der Waals surface area contributed by atoms with Crippen molar-refractivity contribution in [1.82, 2.24) is 4.98 Å². The molecule has 1 aliphatic heterocycles. The highest BCUT2D eigenvalue weighted by molar-refractivity contribution is 7.12. The lowest BCUT2D eigenvalue weighted by Gasteiger charge is -2.08. The van der Waals surface area contributed by atoms with E-state index in [1.807, 2.05) is 24.3 Å². The molecule has 0 unspecified atom stereocenters. The first-order valence-electron chi connectivity index (χ1n) is 5.85. The van der Waals surface area contributed by atoms with Crippen molar-refractivity contribution >= 4 is 17.2 Å². The van der Waals surface area contributed by atoms with Crippen LogP contribution in [-0.2, 0) is 13.0 Å². The molecule has 0 fully saturated rings. The van der Waals surface area contributed by atoms with E-state index in [0.29, 0.717) is 6.61 Å². The molecule has 2 heterocycles. The van der Waals surface area contributed by atoms with Gasteiger partial charge in [-0.15, -0.1) is 11.3 Å². The second-order valence-electron chi connectivity index (χ2n) is 4.00. The molecule has 0 amide bonds. The highest BCUT2D eigenvalue weighted by Gasteiger charge is 2.16. The quantitative estimate of drug-likeness (QED) is 0.920. The number of para-hydroxylation sites is 2. The molecule has 0 radical (unpaired) electrons. The van der Waals surface area contributed by atoms with Crippen molar-refractivity contribution in [1.29, 1.82) is 0 Å². The molecule has 0 bridgehead atoms. The van der Waals surface area contributed by atoms with E-state index in [2.05, 4.69) is 10.3 Å². The van der Waals surface area contributed by atoms with Crippen LogP contribution >= 0.6 is 11.3 Å². The minimum absolute atomic E-state index is 0.486. The molecular weight excluding hydrogens is 248 g/mol. The van der Waals surface area contributed by atoms with Crippen molar-refractivity contribution in [2.24, 2.45) is 0 Å². The molecule has 5 heteroatoms. The minimum atomic E-state index is 0.486. The maximum atomic E-state index is 5.75. The van der Waals surface area contributed by atoms with Crippen molar-refractivity contribution in [3.05, 3.63) is 34.2 Å². The zero-order chi connectivity index (χ0) is 12.4. The molecule has 0 saturated carbocycles. The topological polar surface area (TPSA) is 43.4 Å². The van der Waals surface area contributed by atoms with Crippen molar-refractivity contribution in [3.8, 4) is 11.5 Å². The Bertz CT molecular complexity index is 532. The van der Waals surface area contributed by atoms with E-state index in [0.717, 1.165) is 35.3 Å². The number of fused-ring (bicyclic) bond motifs is 1. The van der Waals surface area contributed by atoms with Gasteiger partial charge in [0.15, 0.2) is 11.5 Å². The van der Waals surface area contributed by atoms with Crippen LogP contribution in [0.2, 0.25) is 0 Å². The van der Waals surface area contributed by atoms with Crippen LogP contribution < -0.4 is 14.8 Å². The van der Waals surface area contributed by atoms with Gasteiger partial charge in [0, 0.05) is 13.0 Å². The summed E-state index contributed by atoms with van der Waals surface area (Å²) in [4.78, 5) is 5.83. The Morgan fingerprint density at radius 3 is 2.94 bits per heavy atom. The third-order valence-corrected chi connectivity index (χ3v) is 3.90. The molecule has 0 spiro atoms. The van der Waals surface area contributed by atoms with Crippen molar-refractivity contribution in [3.63, 3.8) is 0 Å². The van der Waals surface area contributed by atoms with Crippen molar-refractivity contribution < 1.29 is 9.47 Å². The molecule has 1 N–H and O–H groups in total. The minimum Gasteiger partial charge on any atom is -0.493 e. The first-order chi connectivity index (χ1) is 8.86. The molecule has 4 nitrogen and oxygen atoms in total. The fourth-order valence-corrected chi connectivity index (χ4v) is 2.90. The van der Waals surface area contributed by atoms with Gasteiger partial charge in [0.25, 0.3) is 0 Å². The zero-order valence-corrected chi connectivity index (χ0v) is 10.9. The highest BCUT2D eigenvalue weighted by atomic mass is 32.1. The second-order valence-corrected chi connectivity index (χ2v) is 5.16. The fourth-order valence-electron chi connectivity index (χ4n) is 1.94. The lowest BCUT2D eigenvalue weighted by molar-refractivity contribution is 0.284. The Balaban J connectivity index is 1.70. The van der Waals surface area contributed by atoms with E-state index in [-0.39, 0.29) is 0 Å². The molecule has 18 heavy (non-hydrogen) atoms. The number of benzene rings is 1. The number of thiazole rings is 1. The van der Waals surface area contributed by atoms with E-state index >= 15 is 0 Å². The number of ether oxygens (including phenoxy) is 2. The molecule has 3 rings (SSSR count). The van der Waals surface area contributed by atoms with E-state index in [9.17, 15) is 0 Å². The number of methoxy groups -OCH3 is 1. The Labute approximate surface area is 110 Å². The van der Waals surface area contributed by atoms with Crippen LogP contribution in [0, 0.1) is 0 Å². The van der Waals surface area contributed by atoms with Gasteiger partial charge in [0.1, 0.15) is 17.4 Å². The summed E-state index contributed by atoms with van der Waals surface area (Å²) in [6, 6.07) is 7.64. The lowest BCUT2D eigenvalue weighted by atomic mass is 10.3. The van der Waals surface area contributed by atoms with Crippen LogP contribution in [0.15, 0.2) is 24.3 Å². The monoisotopic (exact) mass is 262 g/mol. The highest BCUT2D eigenvalue weighted by Crippen LogP contribution is 2.30. The van der Waals surface area contributed by atoms with Gasteiger partial charge in [-0.3, -0.25) is 0 Å². The maximum Gasteiger partial charge on any atom is 0.161 e. The third kappa shape index (κ3) is 2.13. The summed E-state index contributed by atoms with van der Waals surface area (Å²) >= 11 is 1.72. The Morgan fingerprint density at radius 1 is 1.33 bits per heavy atom. The predicted octanol–water partition coefficient (Wildman–Crippen LogP) is 2.70. The van der Waals surface area contributed by atoms with Gasteiger partial charge in [0.2, 0.25) is 0 Å². The first-order valence-corrected chi connectivity index (χ1v) is 6.67. The number of nitrogens with zero attached hydrogens (tertiary/aromatic N) is 1. The molecular formula is C13H14N2O2S. The molecule has 0 saturated heterocycles. The van der Waals surface area contributed by atoms with Gasteiger partial charge in [-0.25, -0.2) is 4.98 Å². The number of hydrogen-bond donors (Lipinski definition) is 1. The van der Waals surface area contributed by atoms with Crippen LogP contribution in [0.4, 0.5) is 5.82 Å². The maximum absolute atomic E-state index is 5.75.